The third-order valence-corrected chi connectivity index (χ3v) is 7.56. The smallest absolute Gasteiger partial charge is 0.211 e. The van der Waals surface area contributed by atoms with Gasteiger partial charge in [-0.05, 0) is 74.6 Å². The standard InChI is InChI=1S/C21H34N2O2S.ClH/c1-4-22(16-18-10-12-23(13-11-18)26(3,24)25)17(2)14-19-8-9-20-6-5-7-21(20)15-19;/h8-9,15,17-18H,4-7,10-14,16H2,1-3H3;1H. The molecule has 3 rings (SSSR count). The molecule has 1 heterocycles. The van der Waals surface area contributed by atoms with Crippen LogP contribution in [0.4, 0.5) is 0 Å². The van der Waals surface area contributed by atoms with E-state index in [0.29, 0.717) is 25.0 Å². The lowest BCUT2D eigenvalue weighted by molar-refractivity contribution is 0.152. The molecule has 0 spiro atoms. The van der Waals surface area contributed by atoms with Gasteiger partial charge in [0.05, 0.1) is 6.26 Å². The van der Waals surface area contributed by atoms with E-state index in [0.717, 1.165) is 32.4 Å². The lowest BCUT2D eigenvalue weighted by atomic mass is 9.95. The normalized spacial score (nSPS) is 19.7. The van der Waals surface area contributed by atoms with Crippen LogP contribution in [0.2, 0.25) is 0 Å². The number of benzene rings is 1. The molecule has 1 saturated heterocycles. The van der Waals surface area contributed by atoms with Crippen LogP contribution in [0.25, 0.3) is 0 Å². The number of sulfonamides is 1. The van der Waals surface area contributed by atoms with E-state index in [1.54, 1.807) is 15.4 Å². The second kappa shape index (κ2) is 9.73. The first-order valence-corrected chi connectivity index (χ1v) is 12.0. The second-order valence-corrected chi connectivity index (χ2v) is 10.2. The third-order valence-electron chi connectivity index (χ3n) is 6.26. The molecule has 27 heavy (non-hydrogen) atoms. The van der Waals surface area contributed by atoms with Crippen LogP contribution in [-0.4, -0.2) is 56.1 Å². The van der Waals surface area contributed by atoms with Crippen molar-refractivity contribution in [3.8, 4) is 0 Å². The molecule has 0 bridgehead atoms. The molecule has 1 atom stereocenters. The summed E-state index contributed by atoms with van der Waals surface area (Å²) in [5.41, 5.74) is 4.57. The Balaban J connectivity index is 0.00000261. The van der Waals surface area contributed by atoms with Crippen molar-refractivity contribution in [3.05, 3.63) is 34.9 Å². The molecule has 1 aromatic carbocycles. The fourth-order valence-corrected chi connectivity index (χ4v) is 5.47. The number of aryl methyl sites for hydroxylation is 2. The first kappa shape index (κ1) is 22.7. The van der Waals surface area contributed by atoms with Crippen molar-refractivity contribution < 1.29 is 8.42 Å². The summed E-state index contributed by atoms with van der Waals surface area (Å²) in [4.78, 5) is 2.58. The van der Waals surface area contributed by atoms with Crippen LogP contribution in [0.15, 0.2) is 18.2 Å². The Hall–Kier alpha value is -0.620. The van der Waals surface area contributed by atoms with Gasteiger partial charge in [0.25, 0.3) is 0 Å². The van der Waals surface area contributed by atoms with Crippen molar-refractivity contribution in [2.75, 3.05) is 32.4 Å². The maximum absolute atomic E-state index is 11.7. The number of likely N-dealkylation sites (N-methyl/N-ethyl adjacent to an activating group) is 1. The van der Waals surface area contributed by atoms with Crippen LogP contribution in [0.1, 0.15) is 49.8 Å². The molecule has 1 aliphatic heterocycles. The van der Waals surface area contributed by atoms with E-state index >= 15 is 0 Å². The second-order valence-electron chi connectivity index (χ2n) is 8.20. The molecule has 0 radical (unpaired) electrons. The summed E-state index contributed by atoms with van der Waals surface area (Å²) < 4.78 is 25.0. The lowest BCUT2D eigenvalue weighted by Crippen LogP contribution is -2.43. The van der Waals surface area contributed by atoms with Crippen molar-refractivity contribution in [3.63, 3.8) is 0 Å². The topological polar surface area (TPSA) is 40.6 Å². The Labute approximate surface area is 171 Å². The van der Waals surface area contributed by atoms with E-state index < -0.39 is 10.0 Å². The van der Waals surface area contributed by atoms with Gasteiger partial charge in [-0.3, -0.25) is 0 Å². The van der Waals surface area contributed by atoms with E-state index in [1.807, 2.05) is 0 Å². The monoisotopic (exact) mass is 414 g/mol. The molecule has 2 aliphatic rings. The molecular formula is C21H35ClN2O2S. The van der Waals surface area contributed by atoms with Crippen LogP contribution in [0.5, 0.6) is 0 Å². The summed E-state index contributed by atoms with van der Waals surface area (Å²) in [5, 5.41) is 0. The number of fused-ring (bicyclic) bond motifs is 1. The molecule has 0 N–H and O–H groups in total. The zero-order chi connectivity index (χ0) is 18.7. The number of rotatable bonds is 7. The summed E-state index contributed by atoms with van der Waals surface area (Å²) in [6, 6.07) is 7.60. The minimum atomic E-state index is -3.03. The maximum atomic E-state index is 11.7. The zero-order valence-electron chi connectivity index (χ0n) is 17.0. The minimum absolute atomic E-state index is 0. The van der Waals surface area contributed by atoms with Crippen molar-refractivity contribution in [2.45, 2.75) is 58.4 Å². The molecule has 1 fully saturated rings. The predicted molar refractivity (Wildman–Crippen MR) is 115 cm³/mol. The number of hydrogen-bond donors (Lipinski definition) is 0. The summed E-state index contributed by atoms with van der Waals surface area (Å²) in [6.45, 7) is 8.08. The quantitative estimate of drug-likeness (QED) is 0.685. The number of halogens is 1. The minimum Gasteiger partial charge on any atom is -0.300 e. The van der Waals surface area contributed by atoms with Gasteiger partial charge in [-0.25, -0.2) is 12.7 Å². The summed E-state index contributed by atoms with van der Waals surface area (Å²) in [7, 11) is -3.03. The van der Waals surface area contributed by atoms with Gasteiger partial charge in [0.1, 0.15) is 0 Å². The summed E-state index contributed by atoms with van der Waals surface area (Å²) in [6.07, 6.45) is 8.19. The Morgan fingerprint density at radius 1 is 1.19 bits per heavy atom. The van der Waals surface area contributed by atoms with Gasteiger partial charge in [0, 0.05) is 25.7 Å². The van der Waals surface area contributed by atoms with Gasteiger partial charge in [-0.2, -0.15) is 0 Å². The number of nitrogens with zero attached hydrogens (tertiary/aromatic N) is 2. The van der Waals surface area contributed by atoms with Crippen molar-refractivity contribution in [1.82, 2.24) is 9.21 Å². The Morgan fingerprint density at radius 3 is 2.48 bits per heavy atom. The molecular weight excluding hydrogens is 380 g/mol. The summed E-state index contributed by atoms with van der Waals surface area (Å²) in [5.74, 6) is 0.607. The van der Waals surface area contributed by atoms with Crippen LogP contribution in [0, 0.1) is 5.92 Å². The van der Waals surface area contributed by atoms with Gasteiger partial charge in [-0.1, -0.05) is 25.1 Å². The lowest BCUT2D eigenvalue weighted by Gasteiger charge is -2.36. The summed E-state index contributed by atoms with van der Waals surface area (Å²) >= 11 is 0. The average molecular weight is 415 g/mol. The first-order valence-electron chi connectivity index (χ1n) is 10.2. The van der Waals surface area contributed by atoms with Gasteiger partial charge in [-0.15, -0.1) is 12.4 Å². The average Bonchev–Trinajstić information content (AvgIpc) is 3.07. The van der Waals surface area contributed by atoms with Crippen molar-refractivity contribution in [1.29, 1.82) is 0 Å². The molecule has 154 valence electrons. The third kappa shape index (κ3) is 5.93. The van der Waals surface area contributed by atoms with E-state index in [4.69, 9.17) is 0 Å². The fraction of sp³-hybridized carbons (Fsp3) is 0.714. The molecule has 1 aromatic rings. The SMILES string of the molecule is CCN(CC1CCN(S(C)(=O)=O)CC1)C(C)Cc1ccc2c(c1)CCC2.Cl. The van der Waals surface area contributed by atoms with Crippen molar-refractivity contribution in [2.24, 2.45) is 5.92 Å². The van der Waals surface area contributed by atoms with E-state index in [-0.39, 0.29) is 12.4 Å². The van der Waals surface area contributed by atoms with Crippen LogP contribution in [0.3, 0.4) is 0 Å². The van der Waals surface area contributed by atoms with Crippen LogP contribution >= 0.6 is 12.4 Å². The molecule has 1 unspecified atom stereocenters. The molecule has 0 amide bonds. The van der Waals surface area contributed by atoms with E-state index in [2.05, 4.69) is 36.9 Å². The highest BCUT2D eigenvalue weighted by molar-refractivity contribution is 7.88. The highest BCUT2D eigenvalue weighted by Crippen LogP contribution is 2.25. The largest absolute Gasteiger partial charge is 0.300 e. The molecule has 4 nitrogen and oxygen atoms in total. The first-order chi connectivity index (χ1) is 12.4. The highest BCUT2D eigenvalue weighted by Gasteiger charge is 2.27. The number of hydrogen-bond acceptors (Lipinski definition) is 3. The molecule has 6 heteroatoms. The van der Waals surface area contributed by atoms with Gasteiger partial charge in [0.15, 0.2) is 0 Å². The highest BCUT2D eigenvalue weighted by atomic mass is 35.5. The van der Waals surface area contributed by atoms with Crippen LogP contribution < -0.4 is 0 Å². The Bertz CT molecular complexity index is 715. The Morgan fingerprint density at radius 2 is 1.85 bits per heavy atom. The van der Waals surface area contributed by atoms with Gasteiger partial charge >= 0.3 is 0 Å². The van der Waals surface area contributed by atoms with E-state index in [9.17, 15) is 8.42 Å². The number of piperidine rings is 1. The maximum Gasteiger partial charge on any atom is 0.211 e. The fourth-order valence-electron chi connectivity index (χ4n) is 4.60. The predicted octanol–water partition coefficient (Wildman–Crippen LogP) is 3.52. The van der Waals surface area contributed by atoms with E-state index in [1.165, 1.54) is 31.1 Å². The molecule has 0 aromatic heterocycles. The van der Waals surface area contributed by atoms with Gasteiger partial charge in [0.2, 0.25) is 10.0 Å². The van der Waals surface area contributed by atoms with Crippen LogP contribution in [-0.2, 0) is 29.3 Å². The Kier molecular flexibility index (Phi) is 8.17. The molecule has 1 aliphatic carbocycles. The van der Waals surface area contributed by atoms with Gasteiger partial charge < -0.3 is 4.90 Å². The molecule has 0 saturated carbocycles. The zero-order valence-corrected chi connectivity index (χ0v) is 18.6. The van der Waals surface area contributed by atoms with Crippen molar-refractivity contribution >= 4 is 22.4 Å².